The lowest BCUT2D eigenvalue weighted by Crippen LogP contribution is -2.53. The van der Waals surface area contributed by atoms with Crippen molar-refractivity contribution in [3.05, 3.63) is 30.1 Å². The largest absolute Gasteiger partial charge is 0.488 e. The monoisotopic (exact) mass is 270 g/mol. The number of nitrogens with one attached hydrogen (secondary N) is 1. The van der Waals surface area contributed by atoms with Gasteiger partial charge in [0, 0.05) is 6.54 Å². The summed E-state index contributed by atoms with van der Waals surface area (Å²) in [6.07, 6.45) is -0.877. The first kappa shape index (κ1) is 15.4. The van der Waals surface area contributed by atoms with Crippen LogP contribution >= 0.6 is 0 Å². The molecule has 5 nitrogen and oxygen atoms in total. The lowest BCUT2D eigenvalue weighted by atomic mass is 10.1. The van der Waals surface area contributed by atoms with Crippen LogP contribution in [0.5, 0.6) is 5.75 Å². The first-order valence-corrected chi connectivity index (χ1v) is 5.93. The molecule has 19 heavy (non-hydrogen) atoms. The summed E-state index contributed by atoms with van der Waals surface area (Å²) in [7, 11) is 0. The zero-order chi connectivity index (χ0) is 14.5. The molecule has 1 aromatic rings. The van der Waals surface area contributed by atoms with E-state index >= 15 is 0 Å². The topological polar surface area (TPSA) is 84.6 Å². The van der Waals surface area contributed by atoms with Crippen LogP contribution in [0, 0.1) is 5.82 Å². The Morgan fingerprint density at radius 1 is 1.53 bits per heavy atom. The summed E-state index contributed by atoms with van der Waals surface area (Å²) in [5.74, 6) is -0.925. The number of benzene rings is 1. The Labute approximate surface area is 111 Å². The fraction of sp³-hybridized carbons (Fsp3) is 0.462. The average molecular weight is 270 g/mol. The second-order valence-corrected chi connectivity index (χ2v) is 4.77. The van der Waals surface area contributed by atoms with Gasteiger partial charge < -0.3 is 20.9 Å². The standard InChI is InChI=1S/C13H19FN2O3/c1-13(2,12(15)18)16-7-9(17)8-19-11-6-4-3-5-10(11)14/h3-6,9,16-17H,7-8H2,1-2H3,(H2,15,18). The first-order valence-electron chi connectivity index (χ1n) is 5.93. The van der Waals surface area contributed by atoms with Gasteiger partial charge in [-0.05, 0) is 26.0 Å². The van der Waals surface area contributed by atoms with Gasteiger partial charge in [0.2, 0.25) is 5.91 Å². The van der Waals surface area contributed by atoms with E-state index in [1.54, 1.807) is 26.0 Å². The summed E-state index contributed by atoms with van der Waals surface area (Å²) >= 11 is 0. The van der Waals surface area contributed by atoms with Crippen LogP contribution in [-0.4, -0.2) is 35.8 Å². The van der Waals surface area contributed by atoms with Gasteiger partial charge in [-0.1, -0.05) is 12.1 Å². The molecular weight excluding hydrogens is 251 g/mol. The van der Waals surface area contributed by atoms with E-state index in [1.807, 2.05) is 0 Å². The molecule has 106 valence electrons. The number of amides is 1. The number of hydrogen-bond donors (Lipinski definition) is 3. The predicted molar refractivity (Wildman–Crippen MR) is 69.2 cm³/mol. The van der Waals surface area contributed by atoms with Crippen LogP contribution in [-0.2, 0) is 4.79 Å². The van der Waals surface area contributed by atoms with E-state index in [0.29, 0.717) is 0 Å². The van der Waals surface area contributed by atoms with Crippen LogP contribution in [0.15, 0.2) is 24.3 Å². The Kier molecular flexibility index (Phi) is 5.26. The number of ether oxygens (including phenoxy) is 1. The number of nitrogens with two attached hydrogens (primary N) is 1. The Morgan fingerprint density at radius 3 is 2.74 bits per heavy atom. The Bertz CT molecular complexity index is 438. The smallest absolute Gasteiger partial charge is 0.237 e. The van der Waals surface area contributed by atoms with Gasteiger partial charge in [0.1, 0.15) is 12.7 Å². The van der Waals surface area contributed by atoms with Crippen molar-refractivity contribution in [2.45, 2.75) is 25.5 Å². The third-order valence-electron chi connectivity index (χ3n) is 2.66. The second kappa shape index (κ2) is 6.49. The Morgan fingerprint density at radius 2 is 2.16 bits per heavy atom. The highest BCUT2D eigenvalue weighted by Crippen LogP contribution is 2.15. The van der Waals surface area contributed by atoms with E-state index in [1.165, 1.54) is 12.1 Å². The molecule has 0 fully saturated rings. The van der Waals surface area contributed by atoms with Crippen molar-refractivity contribution in [1.82, 2.24) is 5.32 Å². The van der Waals surface area contributed by atoms with Crippen molar-refractivity contribution in [3.63, 3.8) is 0 Å². The van der Waals surface area contributed by atoms with Crippen LogP contribution in [0.2, 0.25) is 0 Å². The average Bonchev–Trinajstić information content (AvgIpc) is 2.35. The number of primary amides is 1. The molecule has 0 radical (unpaired) electrons. The molecule has 6 heteroatoms. The van der Waals surface area contributed by atoms with E-state index in [2.05, 4.69) is 5.32 Å². The maximum atomic E-state index is 13.2. The molecule has 0 saturated carbocycles. The van der Waals surface area contributed by atoms with E-state index < -0.39 is 23.4 Å². The van der Waals surface area contributed by atoms with Gasteiger partial charge in [-0.2, -0.15) is 0 Å². The van der Waals surface area contributed by atoms with Crippen LogP contribution in [0.3, 0.4) is 0 Å². The molecule has 0 aliphatic heterocycles. The summed E-state index contributed by atoms with van der Waals surface area (Å²) in [5.41, 5.74) is 4.26. The fourth-order valence-corrected chi connectivity index (χ4v) is 1.27. The van der Waals surface area contributed by atoms with Gasteiger partial charge >= 0.3 is 0 Å². The number of carbonyl (C=O) groups is 1. The Hall–Kier alpha value is -1.66. The number of β-amino-alcohol motifs (C(OH)–C–C–N with tert-alkyl or cyclic N) is 1. The van der Waals surface area contributed by atoms with Crippen molar-refractivity contribution in [1.29, 1.82) is 0 Å². The summed E-state index contributed by atoms with van der Waals surface area (Å²) in [6, 6.07) is 5.94. The fourth-order valence-electron chi connectivity index (χ4n) is 1.27. The molecule has 0 bridgehead atoms. The molecule has 1 rings (SSSR count). The van der Waals surface area contributed by atoms with Crippen molar-refractivity contribution in [2.24, 2.45) is 5.73 Å². The number of hydrogen-bond acceptors (Lipinski definition) is 4. The van der Waals surface area contributed by atoms with Crippen LogP contribution in [0.1, 0.15) is 13.8 Å². The highest BCUT2D eigenvalue weighted by atomic mass is 19.1. The molecule has 0 aliphatic rings. The summed E-state index contributed by atoms with van der Waals surface area (Å²) < 4.78 is 18.4. The van der Waals surface area contributed by atoms with Crippen molar-refractivity contribution >= 4 is 5.91 Å². The third kappa shape index (κ3) is 4.84. The van der Waals surface area contributed by atoms with Gasteiger partial charge in [-0.25, -0.2) is 4.39 Å². The van der Waals surface area contributed by atoms with Crippen LogP contribution in [0.4, 0.5) is 4.39 Å². The molecule has 4 N–H and O–H groups in total. The summed E-state index contributed by atoms with van der Waals surface area (Å²) in [4.78, 5) is 11.1. The number of rotatable bonds is 7. The number of aliphatic hydroxyl groups excluding tert-OH is 1. The molecule has 1 atom stereocenters. The van der Waals surface area contributed by atoms with Crippen molar-refractivity contribution < 1.29 is 19.0 Å². The molecular formula is C13H19FN2O3. The van der Waals surface area contributed by atoms with Gasteiger partial charge in [0.25, 0.3) is 0 Å². The first-order chi connectivity index (χ1) is 8.83. The van der Waals surface area contributed by atoms with Crippen molar-refractivity contribution in [3.8, 4) is 5.75 Å². The number of halogens is 1. The van der Waals surface area contributed by atoms with Gasteiger partial charge in [-0.15, -0.1) is 0 Å². The zero-order valence-electron chi connectivity index (χ0n) is 11.0. The molecule has 0 heterocycles. The SMILES string of the molecule is CC(C)(NCC(O)COc1ccccc1F)C(N)=O. The number of aliphatic hydroxyl groups is 1. The number of carbonyl (C=O) groups excluding carboxylic acids is 1. The van der Waals surface area contributed by atoms with E-state index in [0.717, 1.165) is 0 Å². The minimum atomic E-state index is -0.918. The van der Waals surface area contributed by atoms with Gasteiger partial charge in [0.05, 0.1) is 5.54 Å². The lowest BCUT2D eigenvalue weighted by molar-refractivity contribution is -0.123. The second-order valence-electron chi connectivity index (χ2n) is 4.77. The molecule has 0 aromatic heterocycles. The zero-order valence-corrected chi connectivity index (χ0v) is 11.0. The summed E-state index contributed by atoms with van der Waals surface area (Å²) in [6.45, 7) is 3.26. The van der Waals surface area contributed by atoms with E-state index in [4.69, 9.17) is 10.5 Å². The van der Waals surface area contributed by atoms with Crippen LogP contribution in [0.25, 0.3) is 0 Å². The highest BCUT2D eigenvalue weighted by molar-refractivity contribution is 5.83. The maximum Gasteiger partial charge on any atom is 0.237 e. The lowest BCUT2D eigenvalue weighted by Gasteiger charge is -2.24. The Balaban J connectivity index is 2.39. The molecule has 0 spiro atoms. The third-order valence-corrected chi connectivity index (χ3v) is 2.66. The van der Waals surface area contributed by atoms with Gasteiger partial charge in [-0.3, -0.25) is 4.79 Å². The van der Waals surface area contributed by atoms with E-state index in [9.17, 15) is 14.3 Å². The maximum absolute atomic E-state index is 13.2. The summed E-state index contributed by atoms with van der Waals surface area (Å²) in [5, 5.41) is 12.5. The quantitative estimate of drug-likeness (QED) is 0.670. The van der Waals surface area contributed by atoms with Crippen LogP contribution < -0.4 is 15.8 Å². The number of para-hydroxylation sites is 1. The van der Waals surface area contributed by atoms with Gasteiger partial charge in [0.15, 0.2) is 11.6 Å². The highest BCUT2D eigenvalue weighted by Gasteiger charge is 2.24. The minimum absolute atomic E-state index is 0.0794. The van der Waals surface area contributed by atoms with Crippen molar-refractivity contribution in [2.75, 3.05) is 13.2 Å². The van der Waals surface area contributed by atoms with E-state index in [-0.39, 0.29) is 18.9 Å². The molecule has 0 aliphatic carbocycles. The normalized spacial score (nSPS) is 13.1. The minimum Gasteiger partial charge on any atom is -0.488 e. The predicted octanol–water partition coefficient (Wildman–Crippen LogP) is 0.419. The molecule has 0 saturated heterocycles. The molecule has 1 amide bonds. The molecule has 1 aromatic carbocycles. The molecule has 1 unspecified atom stereocenters.